The molecular formula is C9H15N3O. The van der Waals surface area contributed by atoms with Gasteiger partial charge in [-0.3, -0.25) is 0 Å². The second kappa shape index (κ2) is 4.89. The third-order valence-electron chi connectivity index (χ3n) is 1.72. The summed E-state index contributed by atoms with van der Waals surface area (Å²) in [7, 11) is 0. The van der Waals surface area contributed by atoms with Crippen molar-refractivity contribution in [1.29, 1.82) is 0 Å². The fraction of sp³-hybridized carbons (Fsp3) is 0.556. The Morgan fingerprint density at radius 2 is 2.38 bits per heavy atom. The SMILES string of the molecule is CCOC(C)c1nccc(CN)n1. The molecule has 0 bridgehead atoms. The van der Waals surface area contributed by atoms with Crippen LogP contribution in [-0.2, 0) is 11.3 Å². The fourth-order valence-electron chi connectivity index (χ4n) is 1.05. The summed E-state index contributed by atoms with van der Waals surface area (Å²) in [6, 6.07) is 1.81. The molecule has 0 amide bonds. The van der Waals surface area contributed by atoms with Crippen molar-refractivity contribution in [2.24, 2.45) is 5.73 Å². The third-order valence-corrected chi connectivity index (χ3v) is 1.72. The molecule has 0 aliphatic carbocycles. The maximum absolute atomic E-state index is 5.46. The molecule has 0 aromatic carbocycles. The van der Waals surface area contributed by atoms with Crippen molar-refractivity contribution in [2.75, 3.05) is 6.61 Å². The standard InChI is InChI=1S/C9H15N3O/c1-3-13-7(2)9-11-5-4-8(6-10)12-9/h4-5,7H,3,6,10H2,1-2H3. The van der Waals surface area contributed by atoms with Crippen LogP contribution in [0, 0.1) is 0 Å². The minimum atomic E-state index is -0.0588. The number of nitrogens with two attached hydrogens (primary N) is 1. The molecule has 0 spiro atoms. The smallest absolute Gasteiger partial charge is 0.157 e. The Morgan fingerprint density at radius 1 is 1.62 bits per heavy atom. The minimum absolute atomic E-state index is 0.0588. The molecule has 4 nitrogen and oxygen atoms in total. The molecule has 1 atom stereocenters. The number of hydrogen-bond acceptors (Lipinski definition) is 4. The van der Waals surface area contributed by atoms with Crippen molar-refractivity contribution in [3.05, 3.63) is 23.8 Å². The van der Waals surface area contributed by atoms with Gasteiger partial charge in [0.15, 0.2) is 5.82 Å². The lowest BCUT2D eigenvalue weighted by Crippen LogP contribution is -2.08. The molecule has 0 aliphatic rings. The van der Waals surface area contributed by atoms with Gasteiger partial charge >= 0.3 is 0 Å². The van der Waals surface area contributed by atoms with E-state index in [1.165, 1.54) is 0 Å². The number of rotatable bonds is 4. The number of aromatic nitrogens is 2. The van der Waals surface area contributed by atoms with Crippen molar-refractivity contribution >= 4 is 0 Å². The number of nitrogens with zero attached hydrogens (tertiary/aromatic N) is 2. The van der Waals surface area contributed by atoms with Gasteiger partial charge in [-0.25, -0.2) is 9.97 Å². The molecule has 1 heterocycles. The minimum Gasteiger partial charge on any atom is -0.371 e. The predicted molar refractivity (Wildman–Crippen MR) is 50.0 cm³/mol. The summed E-state index contributed by atoms with van der Waals surface area (Å²) < 4.78 is 5.36. The van der Waals surface area contributed by atoms with E-state index in [-0.39, 0.29) is 6.10 Å². The maximum atomic E-state index is 5.46. The number of hydrogen-bond donors (Lipinski definition) is 1. The van der Waals surface area contributed by atoms with E-state index >= 15 is 0 Å². The molecule has 0 saturated heterocycles. The van der Waals surface area contributed by atoms with Gasteiger partial charge in [-0.1, -0.05) is 0 Å². The van der Waals surface area contributed by atoms with Crippen LogP contribution in [0.25, 0.3) is 0 Å². The second-order valence-electron chi connectivity index (χ2n) is 2.71. The van der Waals surface area contributed by atoms with E-state index in [0.717, 1.165) is 5.69 Å². The summed E-state index contributed by atoms with van der Waals surface area (Å²) in [5, 5.41) is 0. The van der Waals surface area contributed by atoms with Crippen molar-refractivity contribution in [3.8, 4) is 0 Å². The van der Waals surface area contributed by atoms with Gasteiger partial charge in [0.05, 0.1) is 5.69 Å². The summed E-state index contributed by atoms with van der Waals surface area (Å²) >= 11 is 0. The van der Waals surface area contributed by atoms with Crippen LogP contribution in [0.15, 0.2) is 12.3 Å². The van der Waals surface area contributed by atoms with Crippen molar-refractivity contribution in [1.82, 2.24) is 9.97 Å². The highest BCUT2D eigenvalue weighted by Gasteiger charge is 2.07. The molecule has 1 unspecified atom stereocenters. The molecule has 1 rings (SSSR count). The van der Waals surface area contributed by atoms with Gasteiger partial charge in [0.2, 0.25) is 0 Å². The second-order valence-corrected chi connectivity index (χ2v) is 2.71. The first kappa shape index (κ1) is 10.1. The summed E-state index contributed by atoms with van der Waals surface area (Å²) in [5.74, 6) is 0.699. The monoisotopic (exact) mass is 181 g/mol. The summed E-state index contributed by atoms with van der Waals surface area (Å²) in [6.45, 7) is 4.98. The molecule has 0 aliphatic heterocycles. The average Bonchev–Trinajstić information content (AvgIpc) is 2.18. The normalized spacial score (nSPS) is 12.8. The lowest BCUT2D eigenvalue weighted by Gasteiger charge is -2.10. The Balaban J connectivity index is 2.75. The molecule has 1 aromatic heterocycles. The van der Waals surface area contributed by atoms with Gasteiger partial charge in [0.1, 0.15) is 6.10 Å². The zero-order valence-electron chi connectivity index (χ0n) is 8.03. The largest absolute Gasteiger partial charge is 0.371 e. The topological polar surface area (TPSA) is 61.0 Å². The molecule has 0 radical (unpaired) electrons. The third kappa shape index (κ3) is 2.75. The first-order valence-corrected chi connectivity index (χ1v) is 4.41. The predicted octanol–water partition coefficient (Wildman–Crippen LogP) is 1.03. The van der Waals surface area contributed by atoms with E-state index in [1.54, 1.807) is 6.20 Å². The lowest BCUT2D eigenvalue weighted by atomic mass is 10.3. The van der Waals surface area contributed by atoms with Crippen LogP contribution in [0.5, 0.6) is 0 Å². The van der Waals surface area contributed by atoms with Gasteiger partial charge in [-0.05, 0) is 19.9 Å². The molecule has 72 valence electrons. The molecule has 13 heavy (non-hydrogen) atoms. The van der Waals surface area contributed by atoms with Gasteiger partial charge in [0, 0.05) is 19.3 Å². The average molecular weight is 181 g/mol. The number of ether oxygens (including phenoxy) is 1. The van der Waals surface area contributed by atoms with E-state index in [1.807, 2.05) is 19.9 Å². The first-order valence-electron chi connectivity index (χ1n) is 4.41. The summed E-state index contributed by atoms with van der Waals surface area (Å²) in [4.78, 5) is 8.36. The van der Waals surface area contributed by atoms with Gasteiger partial charge in [-0.2, -0.15) is 0 Å². The highest BCUT2D eigenvalue weighted by atomic mass is 16.5. The Bertz CT molecular complexity index is 265. The Labute approximate surface area is 78.1 Å². The highest BCUT2D eigenvalue weighted by Crippen LogP contribution is 2.10. The van der Waals surface area contributed by atoms with Gasteiger partial charge in [0.25, 0.3) is 0 Å². The van der Waals surface area contributed by atoms with E-state index in [2.05, 4.69) is 9.97 Å². The highest BCUT2D eigenvalue weighted by molar-refractivity contribution is 5.03. The zero-order valence-corrected chi connectivity index (χ0v) is 8.03. The van der Waals surface area contributed by atoms with E-state index < -0.39 is 0 Å². The molecule has 2 N–H and O–H groups in total. The molecule has 0 fully saturated rings. The van der Waals surface area contributed by atoms with E-state index in [9.17, 15) is 0 Å². The zero-order chi connectivity index (χ0) is 9.68. The van der Waals surface area contributed by atoms with Crippen LogP contribution in [0.1, 0.15) is 31.5 Å². The summed E-state index contributed by atoms with van der Waals surface area (Å²) in [6.07, 6.45) is 1.65. The quantitative estimate of drug-likeness (QED) is 0.753. The van der Waals surface area contributed by atoms with E-state index in [4.69, 9.17) is 10.5 Å². The van der Waals surface area contributed by atoms with Crippen molar-refractivity contribution in [3.63, 3.8) is 0 Å². The Kier molecular flexibility index (Phi) is 3.79. The van der Waals surface area contributed by atoms with Gasteiger partial charge in [-0.15, -0.1) is 0 Å². The molecule has 1 aromatic rings. The molecule has 4 heteroatoms. The van der Waals surface area contributed by atoms with Crippen molar-refractivity contribution < 1.29 is 4.74 Å². The van der Waals surface area contributed by atoms with Crippen LogP contribution < -0.4 is 5.73 Å². The molecule has 0 saturated carbocycles. The lowest BCUT2D eigenvalue weighted by molar-refractivity contribution is 0.0699. The molecular weight excluding hydrogens is 166 g/mol. The van der Waals surface area contributed by atoms with Crippen LogP contribution in [0.4, 0.5) is 0 Å². The first-order chi connectivity index (χ1) is 6.27. The van der Waals surface area contributed by atoms with Crippen LogP contribution in [0.2, 0.25) is 0 Å². The van der Waals surface area contributed by atoms with Crippen LogP contribution >= 0.6 is 0 Å². The summed E-state index contributed by atoms with van der Waals surface area (Å²) in [5.41, 5.74) is 6.31. The van der Waals surface area contributed by atoms with Crippen LogP contribution in [0.3, 0.4) is 0 Å². The van der Waals surface area contributed by atoms with E-state index in [0.29, 0.717) is 19.0 Å². The Hall–Kier alpha value is -1.00. The maximum Gasteiger partial charge on any atom is 0.157 e. The van der Waals surface area contributed by atoms with Gasteiger partial charge < -0.3 is 10.5 Å². The Morgan fingerprint density at radius 3 is 3.00 bits per heavy atom. The van der Waals surface area contributed by atoms with Crippen molar-refractivity contribution in [2.45, 2.75) is 26.5 Å². The fourth-order valence-corrected chi connectivity index (χ4v) is 1.05. The van der Waals surface area contributed by atoms with Crippen LogP contribution in [-0.4, -0.2) is 16.6 Å².